The van der Waals surface area contributed by atoms with Gasteiger partial charge in [0.1, 0.15) is 5.82 Å². The zero-order valence-corrected chi connectivity index (χ0v) is 11.1. The maximum absolute atomic E-state index is 13.4. The molecule has 0 fully saturated rings. The van der Waals surface area contributed by atoms with Crippen molar-refractivity contribution in [1.82, 2.24) is 0 Å². The first kappa shape index (κ1) is 14.0. The molecule has 0 spiro atoms. The van der Waals surface area contributed by atoms with Gasteiger partial charge in [0.2, 0.25) is 11.5 Å². The number of carboxylic acids is 1. The molecule has 0 saturated heterocycles. The maximum atomic E-state index is 13.4. The first-order valence-corrected chi connectivity index (χ1v) is 5.82. The SMILES string of the molecule is O=C(O)c1ccc(Oc2cc(F)c(Br)cc2[N+](=O)[O-])o1. The molecule has 104 valence electrons. The molecular weight excluding hydrogens is 341 g/mol. The number of carboxylic acid groups (broad SMARTS) is 1. The van der Waals surface area contributed by atoms with Gasteiger partial charge in [0.05, 0.1) is 9.40 Å². The number of ether oxygens (including phenoxy) is 1. The lowest BCUT2D eigenvalue weighted by Gasteiger charge is -2.04. The molecule has 0 amide bonds. The van der Waals surface area contributed by atoms with Gasteiger partial charge in [0, 0.05) is 18.2 Å². The molecule has 0 saturated carbocycles. The summed E-state index contributed by atoms with van der Waals surface area (Å²) >= 11 is 2.82. The van der Waals surface area contributed by atoms with Crippen LogP contribution in [0.5, 0.6) is 11.7 Å². The fourth-order valence-electron chi connectivity index (χ4n) is 1.34. The molecule has 9 heteroatoms. The highest BCUT2D eigenvalue weighted by molar-refractivity contribution is 9.10. The van der Waals surface area contributed by atoms with Crippen LogP contribution in [0.4, 0.5) is 10.1 Å². The zero-order valence-electron chi connectivity index (χ0n) is 9.50. The standard InChI is InChI=1S/C11H5BrFNO6/c12-5-3-7(14(17)18)9(4-6(5)13)20-10-2-1-8(19-10)11(15)16/h1-4H,(H,15,16). The van der Waals surface area contributed by atoms with Crippen LogP contribution in [0, 0.1) is 15.9 Å². The van der Waals surface area contributed by atoms with Gasteiger partial charge >= 0.3 is 11.7 Å². The van der Waals surface area contributed by atoms with Crippen LogP contribution >= 0.6 is 15.9 Å². The van der Waals surface area contributed by atoms with Crippen molar-refractivity contribution in [3.05, 3.63) is 50.4 Å². The number of hydrogen-bond donors (Lipinski definition) is 1. The quantitative estimate of drug-likeness (QED) is 0.670. The summed E-state index contributed by atoms with van der Waals surface area (Å²) in [5.41, 5.74) is -0.494. The third-order valence-corrected chi connectivity index (χ3v) is 2.81. The highest BCUT2D eigenvalue weighted by atomic mass is 79.9. The number of nitro benzene ring substituents is 1. The maximum Gasteiger partial charge on any atom is 0.371 e. The average Bonchev–Trinajstić information content (AvgIpc) is 2.82. The van der Waals surface area contributed by atoms with Crippen molar-refractivity contribution in [1.29, 1.82) is 0 Å². The number of benzene rings is 1. The second kappa shape index (κ2) is 5.29. The fraction of sp³-hybridized carbons (Fsp3) is 0. The lowest BCUT2D eigenvalue weighted by molar-refractivity contribution is -0.385. The predicted molar refractivity (Wildman–Crippen MR) is 66.5 cm³/mol. The van der Waals surface area contributed by atoms with Gasteiger partial charge in [-0.05, 0) is 22.0 Å². The Kier molecular flexibility index (Phi) is 3.70. The molecule has 1 aromatic carbocycles. The number of nitro groups is 1. The fourth-order valence-corrected chi connectivity index (χ4v) is 1.67. The second-order valence-corrected chi connectivity index (χ2v) is 4.37. The van der Waals surface area contributed by atoms with Crippen molar-refractivity contribution < 1.29 is 28.4 Å². The lowest BCUT2D eigenvalue weighted by atomic mass is 10.3. The van der Waals surface area contributed by atoms with Crippen molar-refractivity contribution in [2.45, 2.75) is 0 Å². The number of nitrogens with zero attached hydrogens (tertiary/aromatic N) is 1. The van der Waals surface area contributed by atoms with Gasteiger partial charge in [0.25, 0.3) is 5.95 Å². The third kappa shape index (κ3) is 2.77. The second-order valence-electron chi connectivity index (χ2n) is 3.52. The monoisotopic (exact) mass is 345 g/mol. The van der Waals surface area contributed by atoms with E-state index in [9.17, 15) is 19.3 Å². The van der Waals surface area contributed by atoms with Crippen molar-refractivity contribution in [3.8, 4) is 11.7 Å². The minimum Gasteiger partial charge on any atom is -0.475 e. The van der Waals surface area contributed by atoms with Crippen molar-refractivity contribution in [2.24, 2.45) is 0 Å². The zero-order chi connectivity index (χ0) is 14.9. The van der Waals surface area contributed by atoms with E-state index in [-0.39, 0.29) is 10.4 Å². The summed E-state index contributed by atoms with van der Waals surface area (Å²) < 4.78 is 23.1. The normalized spacial score (nSPS) is 10.3. The molecule has 2 aromatic rings. The molecule has 0 atom stereocenters. The predicted octanol–water partition coefficient (Wildman–Crippen LogP) is 3.58. The van der Waals surface area contributed by atoms with E-state index < -0.39 is 33.9 Å². The molecule has 0 aliphatic carbocycles. The van der Waals surface area contributed by atoms with E-state index >= 15 is 0 Å². The van der Waals surface area contributed by atoms with Gasteiger partial charge in [-0.25, -0.2) is 9.18 Å². The van der Waals surface area contributed by atoms with Crippen molar-refractivity contribution in [2.75, 3.05) is 0 Å². The van der Waals surface area contributed by atoms with Crippen molar-refractivity contribution in [3.63, 3.8) is 0 Å². The molecule has 1 aromatic heterocycles. The molecule has 7 nitrogen and oxygen atoms in total. The Morgan fingerprint density at radius 3 is 2.70 bits per heavy atom. The van der Waals surface area contributed by atoms with Gasteiger partial charge in [-0.1, -0.05) is 0 Å². The van der Waals surface area contributed by atoms with E-state index in [1.54, 1.807) is 0 Å². The van der Waals surface area contributed by atoms with E-state index in [4.69, 9.17) is 14.3 Å². The van der Waals surface area contributed by atoms with Crippen LogP contribution < -0.4 is 4.74 Å². The number of hydrogen-bond acceptors (Lipinski definition) is 5. The van der Waals surface area contributed by atoms with Crippen molar-refractivity contribution >= 4 is 27.6 Å². The molecule has 2 rings (SSSR count). The Morgan fingerprint density at radius 2 is 2.15 bits per heavy atom. The molecule has 0 radical (unpaired) electrons. The topological polar surface area (TPSA) is 103 Å². The Morgan fingerprint density at radius 1 is 1.45 bits per heavy atom. The Hall–Kier alpha value is -2.42. The molecule has 0 bridgehead atoms. The van der Waals surface area contributed by atoms with E-state index in [1.165, 1.54) is 0 Å². The average molecular weight is 346 g/mol. The van der Waals surface area contributed by atoms with E-state index in [2.05, 4.69) is 15.9 Å². The summed E-state index contributed by atoms with van der Waals surface area (Å²) in [4.78, 5) is 20.7. The van der Waals surface area contributed by atoms with Gasteiger partial charge in [0.15, 0.2) is 0 Å². The minimum absolute atomic E-state index is 0.0952. The third-order valence-electron chi connectivity index (χ3n) is 2.20. The summed E-state index contributed by atoms with van der Waals surface area (Å²) in [6, 6.07) is 4.00. The smallest absolute Gasteiger partial charge is 0.371 e. The van der Waals surface area contributed by atoms with Gasteiger partial charge < -0.3 is 14.3 Å². The van der Waals surface area contributed by atoms with Crippen LogP contribution in [-0.2, 0) is 0 Å². The Balaban J connectivity index is 2.39. The van der Waals surface area contributed by atoms with Crippen LogP contribution in [0.1, 0.15) is 10.6 Å². The first-order valence-electron chi connectivity index (χ1n) is 5.03. The van der Waals surface area contributed by atoms with Gasteiger partial charge in [-0.3, -0.25) is 10.1 Å². The highest BCUT2D eigenvalue weighted by Gasteiger charge is 2.21. The van der Waals surface area contributed by atoms with Crippen LogP contribution in [0.3, 0.4) is 0 Å². The number of aromatic carboxylic acids is 1. The number of halogens is 2. The summed E-state index contributed by atoms with van der Waals surface area (Å²) in [7, 11) is 0. The van der Waals surface area contributed by atoms with Crippen LogP contribution in [0.15, 0.2) is 33.2 Å². The van der Waals surface area contributed by atoms with E-state index in [0.29, 0.717) is 0 Å². The number of carbonyl (C=O) groups is 1. The summed E-state index contributed by atoms with van der Waals surface area (Å²) in [6.45, 7) is 0. The van der Waals surface area contributed by atoms with Gasteiger partial charge in [-0.15, -0.1) is 0 Å². The highest BCUT2D eigenvalue weighted by Crippen LogP contribution is 2.35. The molecule has 20 heavy (non-hydrogen) atoms. The summed E-state index contributed by atoms with van der Waals surface area (Å²) in [5.74, 6) is -3.19. The first-order chi connectivity index (χ1) is 9.38. The molecule has 0 aliphatic heterocycles. The summed E-state index contributed by atoms with van der Waals surface area (Å²) in [6.07, 6.45) is 0. The minimum atomic E-state index is -1.32. The van der Waals surface area contributed by atoms with E-state index in [1.807, 2.05) is 0 Å². The Labute approximate surface area is 118 Å². The summed E-state index contributed by atoms with van der Waals surface area (Å²) in [5, 5.41) is 19.5. The van der Waals surface area contributed by atoms with Crippen LogP contribution in [0.2, 0.25) is 0 Å². The Bertz CT molecular complexity index is 698. The van der Waals surface area contributed by atoms with E-state index in [0.717, 1.165) is 24.3 Å². The lowest BCUT2D eigenvalue weighted by Crippen LogP contribution is -1.95. The van der Waals surface area contributed by atoms with Crippen LogP contribution in [-0.4, -0.2) is 16.0 Å². The van der Waals surface area contributed by atoms with Crippen LogP contribution in [0.25, 0.3) is 0 Å². The number of rotatable bonds is 4. The molecular formula is C11H5BrFNO6. The largest absolute Gasteiger partial charge is 0.475 e. The van der Waals surface area contributed by atoms with Gasteiger partial charge in [-0.2, -0.15) is 0 Å². The molecule has 1 heterocycles. The molecule has 0 aliphatic rings. The number of furan rings is 1. The molecule has 1 N–H and O–H groups in total. The molecule has 0 unspecified atom stereocenters.